The van der Waals surface area contributed by atoms with Crippen LogP contribution in [0.5, 0.6) is 5.75 Å². The van der Waals surface area contributed by atoms with Crippen molar-refractivity contribution in [1.29, 1.82) is 0 Å². The summed E-state index contributed by atoms with van der Waals surface area (Å²) in [5.41, 5.74) is 0.709. The van der Waals surface area contributed by atoms with Crippen molar-refractivity contribution in [2.45, 2.75) is 12.5 Å². The third-order valence-corrected chi connectivity index (χ3v) is 3.24. The van der Waals surface area contributed by atoms with Gasteiger partial charge in [0.05, 0.1) is 7.11 Å². The third kappa shape index (κ3) is 2.58. The minimum Gasteiger partial charge on any atom is -0.497 e. The third-order valence-electron chi connectivity index (χ3n) is 3.24. The Morgan fingerprint density at radius 2 is 2.12 bits per heavy atom. The van der Waals surface area contributed by atoms with Crippen molar-refractivity contribution >= 4 is 5.91 Å². The first-order chi connectivity index (χ1) is 8.22. The number of nitrogens with one attached hydrogen (secondary N) is 1. The summed E-state index contributed by atoms with van der Waals surface area (Å²) in [5, 5.41) is 3.26. The molecule has 0 saturated carbocycles. The Morgan fingerprint density at radius 1 is 1.41 bits per heavy atom. The lowest BCUT2D eigenvalue weighted by Gasteiger charge is -2.23. The maximum Gasteiger partial charge on any atom is 0.253 e. The topological polar surface area (TPSA) is 41.6 Å². The number of methoxy groups -OCH3 is 1. The van der Waals surface area contributed by atoms with Gasteiger partial charge in [-0.3, -0.25) is 4.79 Å². The van der Waals surface area contributed by atoms with Crippen LogP contribution in [-0.2, 0) is 0 Å². The van der Waals surface area contributed by atoms with E-state index in [-0.39, 0.29) is 5.91 Å². The number of hydrogen-bond donors (Lipinski definition) is 1. The monoisotopic (exact) mass is 234 g/mol. The number of hydrogen-bond acceptors (Lipinski definition) is 3. The van der Waals surface area contributed by atoms with Gasteiger partial charge in [0.2, 0.25) is 0 Å². The van der Waals surface area contributed by atoms with Gasteiger partial charge in [0, 0.05) is 25.2 Å². The van der Waals surface area contributed by atoms with E-state index in [1.165, 1.54) is 0 Å². The van der Waals surface area contributed by atoms with E-state index in [4.69, 9.17) is 4.74 Å². The Balaban J connectivity index is 2.07. The van der Waals surface area contributed by atoms with Crippen LogP contribution in [0.25, 0.3) is 0 Å². The van der Waals surface area contributed by atoms with Crippen LogP contribution in [-0.4, -0.2) is 44.1 Å². The summed E-state index contributed by atoms with van der Waals surface area (Å²) in [6.07, 6.45) is 1.03. The predicted molar refractivity (Wildman–Crippen MR) is 66.4 cm³/mol. The van der Waals surface area contributed by atoms with E-state index in [2.05, 4.69) is 5.32 Å². The molecule has 2 rings (SSSR count). The Hall–Kier alpha value is -1.55. The Kier molecular flexibility index (Phi) is 3.64. The smallest absolute Gasteiger partial charge is 0.253 e. The highest BCUT2D eigenvalue weighted by Gasteiger charge is 2.23. The van der Waals surface area contributed by atoms with Crippen LogP contribution in [0, 0.1) is 0 Å². The van der Waals surface area contributed by atoms with Gasteiger partial charge in [-0.15, -0.1) is 0 Å². The minimum atomic E-state index is 0.0707. The van der Waals surface area contributed by atoms with E-state index in [1.807, 2.05) is 24.1 Å². The van der Waals surface area contributed by atoms with Crippen LogP contribution in [0.3, 0.4) is 0 Å². The van der Waals surface area contributed by atoms with Crippen LogP contribution < -0.4 is 10.1 Å². The van der Waals surface area contributed by atoms with E-state index in [1.54, 1.807) is 19.2 Å². The van der Waals surface area contributed by atoms with Crippen molar-refractivity contribution in [2.75, 3.05) is 27.2 Å². The van der Waals surface area contributed by atoms with Gasteiger partial charge in [-0.2, -0.15) is 0 Å². The molecule has 4 heteroatoms. The summed E-state index contributed by atoms with van der Waals surface area (Å²) in [4.78, 5) is 14.0. The molecule has 0 bridgehead atoms. The second kappa shape index (κ2) is 5.19. The quantitative estimate of drug-likeness (QED) is 0.852. The number of carbonyl (C=O) groups excluding carboxylic acids is 1. The molecule has 0 aromatic heterocycles. The number of nitrogens with zero attached hydrogens (tertiary/aromatic N) is 1. The summed E-state index contributed by atoms with van der Waals surface area (Å²) in [7, 11) is 3.48. The van der Waals surface area contributed by atoms with Gasteiger partial charge in [0.1, 0.15) is 5.75 Å². The van der Waals surface area contributed by atoms with Gasteiger partial charge < -0.3 is 15.0 Å². The summed E-state index contributed by atoms with van der Waals surface area (Å²) in [5.74, 6) is 0.841. The number of amides is 1. The van der Waals surface area contributed by atoms with E-state index in [0.29, 0.717) is 11.6 Å². The van der Waals surface area contributed by atoms with Crippen LogP contribution in [0.2, 0.25) is 0 Å². The lowest BCUT2D eigenvalue weighted by atomic mass is 10.1. The van der Waals surface area contributed by atoms with E-state index in [9.17, 15) is 4.79 Å². The molecule has 1 N–H and O–H groups in total. The molecule has 1 fully saturated rings. The lowest BCUT2D eigenvalue weighted by molar-refractivity contribution is 0.0744. The Bertz CT molecular complexity index is 383. The molecule has 1 aliphatic heterocycles. The van der Waals surface area contributed by atoms with Crippen LogP contribution in [0.1, 0.15) is 16.8 Å². The van der Waals surface area contributed by atoms with Crippen LogP contribution in [0.4, 0.5) is 0 Å². The van der Waals surface area contributed by atoms with Gasteiger partial charge in [-0.25, -0.2) is 0 Å². The standard InChI is InChI=1S/C13H18N2O2/c1-15(11-7-8-14-9-11)13(16)10-3-5-12(17-2)6-4-10/h3-6,11,14H,7-9H2,1-2H3. The summed E-state index contributed by atoms with van der Waals surface area (Å²) in [6.45, 7) is 1.88. The molecule has 1 saturated heterocycles. The molecule has 0 radical (unpaired) electrons. The van der Waals surface area contributed by atoms with Gasteiger partial charge in [-0.1, -0.05) is 0 Å². The Labute approximate surface area is 102 Å². The highest BCUT2D eigenvalue weighted by atomic mass is 16.5. The van der Waals surface area contributed by atoms with Crippen molar-refractivity contribution < 1.29 is 9.53 Å². The molecule has 0 spiro atoms. The fourth-order valence-electron chi connectivity index (χ4n) is 2.07. The second-order valence-corrected chi connectivity index (χ2v) is 4.29. The molecule has 1 aliphatic rings. The number of ether oxygens (including phenoxy) is 1. The number of benzene rings is 1. The zero-order valence-corrected chi connectivity index (χ0v) is 10.3. The van der Waals surface area contributed by atoms with Crippen molar-refractivity contribution in [2.24, 2.45) is 0 Å². The first-order valence-electron chi connectivity index (χ1n) is 5.84. The van der Waals surface area contributed by atoms with Crippen molar-refractivity contribution in [3.05, 3.63) is 29.8 Å². The normalized spacial score (nSPS) is 19.1. The molecule has 1 unspecified atom stereocenters. The van der Waals surface area contributed by atoms with E-state index < -0.39 is 0 Å². The van der Waals surface area contributed by atoms with Gasteiger partial charge >= 0.3 is 0 Å². The Morgan fingerprint density at radius 3 is 2.65 bits per heavy atom. The molecular weight excluding hydrogens is 216 g/mol. The highest BCUT2D eigenvalue weighted by molar-refractivity contribution is 5.94. The summed E-state index contributed by atoms with van der Waals surface area (Å²) < 4.78 is 5.07. The number of rotatable bonds is 3. The maximum atomic E-state index is 12.2. The second-order valence-electron chi connectivity index (χ2n) is 4.29. The van der Waals surface area contributed by atoms with Crippen molar-refractivity contribution in [3.63, 3.8) is 0 Å². The first kappa shape index (κ1) is 11.9. The van der Waals surface area contributed by atoms with Gasteiger partial charge in [0.15, 0.2) is 0 Å². The molecule has 1 aromatic rings. The number of likely N-dealkylation sites (N-methyl/N-ethyl adjacent to an activating group) is 1. The molecule has 4 nitrogen and oxygen atoms in total. The van der Waals surface area contributed by atoms with Crippen molar-refractivity contribution in [1.82, 2.24) is 10.2 Å². The maximum absolute atomic E-state index is 12.2. The largest absolute Gasteiger partial charge is 0.497 e. The first-order valence-corrected chi connectivity index (χ1v) is 5.84. The predicted octanol–water partition coefficient (Wildman–Crippen LogP) is 1.13. The van der Waals surface area contributed by atoms with E-state index in [0.717, 1.165) is 25.3 Å². The minimum absolute atomic E-state index is 0.0707. The van der Waals surface area contributed by atoms with Crippen molar-refractivity contribution in [3.8, 4) is 5.75 Å². The zero-order valence-electron chi connectivity index (χ0n) is 10.3. The molecule has 17 heavy (non-hydrogen) atoms. The van der Waals surface area contributed by atoms with Crippen LogP contribution >= 0.6 is 0 Å². The highest BCUT2D eigenvalue weighted by Crippen LogP contribution is 2.15. The fraction of sp³-hybridized carbons (Fsp3) is 0.462. The lowest BCUT2D eigenvalue weighted by Crippen LogP contribution is -2.38. The molecule has 1 atom stereocenters. The average Bonchev–Trinajstić information content (AvgIpc) is 2.91. The van der Waals surface area contributed by atoms with Crippen LogP contribution in [0.15, 0.2) is 24.3 Å². The summed E-state index contributed by atoms with van der Waals surface area (Å²) >= 11 is 0. The average molecular weight is 234 g/mol. The van der Waals surface area contributed by atoms with E-state index >= 15 is 0 Å². The number of carbonyl (C=O) groups is 1. The molecule has 1 aromatic carbocycles. The SMILES string of the molecule is COc1ccc(C(=O)N(C)C2CCNC2)cc1. The molecular formula is C13H18N2O2. The van der Waals surface area contributed by atoms with Gasteiger partial charge in [0.25, 0.3) is 5.91 Å². The molecule has 1 heterocycles. The zero-order chi connectivity index (χ0) is 12.3. The fourth-order valence-corrected chi connectivity index (χ4v) is 2.07. The molecule has 92 valence electrons. The summed E-state index contributed by atoms with van der Waals surface area (Å²) in [6, 6.07) is 7.55. The molecule has 1 amide bonds. The molecule has 0 aliphatic carbocycles. The van der Waals surface area contributed by atoms with Gasteiger partial charge in [-0.05, 0) is 37.2 Å².